The molecule has 12 aromatic rings. The second-order valence-corrected chi connectivity index (χ2v) is 17.9. The minimum absolute atomic E-state index is 1.23. The molecule has 0 spiro atoms. The van der Waals surface area contributed by atoms with E-state index in [2.05, 4.69) is 231 Å². The molecule has 0 amide bonds. The molecule has 0 radical (unpaired) electrons. The van der Waals surface area contributed by atoms with E-state index >= 15 is 0 Å². The molecule has 2 heteroatoms. The summed E-state index contributed by atoms with van der Waals surface area (Å²) in [5, 5.41) is 5.19. The van der Waals surface area contributed by atoms with Gasteiger partial charge >= 0.3 is 0 Å². The lowest BCUT2D eigenvalue weighted by Gasteiger charge is -2.16. The summed E-state index contributed by atoms with van der Waals surface area (Å²) >= 11 is 3.84. The highest BCUT2D eigenvalue weighted by Crippen LogP contribution is 2.50. The lowest BCUT2D eigenvalue weighted by molar-refractivity contribution is 1.59. The van der Waals surface area contributed by atoms with Gasteiger partial charge in [-0.15, -0.1) is 22.7 Å². The summed E-state index contributed by atoms with van der Waals surface area (Å²) in [7, 11) is 0. The van der Waals surface area contributed by atoms with Gasteiger partial charge < -0.3 is 0 Å². The molecule has 290 valence electrons. The Morgan fingerprint density at radius 2 is 0.371 bits per heavy atom. The van der Waals surface area contributed by atoms with Gasteiger partial charge in [0.2, 0.25) is 0 Å². The molecular formula is C60H38S2. The molecule has 0 N–H and O–H groups in total. The SMILES string of the molecule is c1ccc(-c2ccccc2-c2cccc3c2sc2c(-c4ccccc4-c4ccccc4-c4cccc5c4sc4c(-c6ccccc6-c6ccccc6)cccc45)cccc23)cc1. The molecule has 0 aliphatic rings. The van der Waals surface area contributed by atoms with Crippen LogP contribution in [0.3, 0.4) is 0 Å². The second-order valence-electron chi connectivity index (χ2n) is 15.8. The average molecular weight is 823 g/mol. The molecule has 12 rings (SSSR count). The predicted octanol–water partition coefficient (Wildman–Crippen LogP) is 18.1. The first kappa shape index (κ1) is 36.5. The lowest BCUT2D eigenvalue weighted by atomic mass is 9.88. The number of thiophene rings is 2. The van der Waals surface area contributed by atoms with Crippen LogP contribution < -0.4 is 0 Å². The van der Waals surface area contributed by atoms with E-state index in [0.717, 1.165) is 0 Å². The van der Waals surface area contributed by atoms with Crippen LogP contribution >= 0.6 is 22.7 Å². The first-order valence-electron chi connectivity index (χ1n) is 21.2. The highest BCUT2D eigenvalue weighted by atomic mass is 32.1. The molecule has 0 atom stereocenters. The highest BCUT2D eigenvalue weighted by Gasteiger charge is 2.21. The summed E-state index contributed by atoms with van der Waals surface area (Å²) in [4.78, 5) is 0. The fourth-order valence-electron chi connectivity index (χ4n) is 9.57. The van der Waals surface area contributed by atoms with E-state index in [1.807, 2.05) is 22.7 Å². The highest BCUT2D eigenvalue weighted by molar-refractivity contribution is 7.27. The fourth-order valence-corrected chi connectivity index (χ4v) is 12.3. The van der Waals surface area contributed by atoms with Crippen LogP contribution in [-0.4, -0.2) is 0 Å². The Balaban J connectivity index is 1.02. The van der Waals surface area contributed by atoms with Gasteiger partial charge in [-0.3, -0.25) is 0 Å². The Bertz CT molecular complexity index is 3380. The van der Waals surface area contributed by atoms with Gasteiger partial charge in [0.25, 0.3) is 0 Å². The van der Waals surface area contributed by atoms with Gasteiger partial charge in [0.05, 0.1) is 0 Å². The normalized spacial score (nSPS) is 11.5. The van der Waals surface area contributed by atoms with Crippen molar-refractivity contribution in [3.05, 3.63) is 231 Å². The average Bonchev–Trinajstić information content (AvgIpc) is 3.94. The van der Waals surface area contributed by atoms with Crippen molar-refractivity contribution in [2.75, 3.05) is 0 Å². The van der Waals surface area contributed by atoms with Gasteiger partial charge in [-0.1, -0.05) is 231 Å². The third-order valence-corrected chi connectivity index (χ3v) is 15.0. The van der Waals surface area contributed by atoms with Crippen LogP contribution in [0.25, 0.3) is 118 Å². The molecular weight excluding hydrogens is 785 g/mol. The topological polar surface area (TPSA) is 0 Å². The van der Waals surface area contributed by atoms with E-state index in [9.17, 15) is 0 Å². The molecule has 10 aromatic carbocycles. The molecule has 0 saturated carbocycles. The summed E-state index contributed by atoms with van der Waals surface area (Å²) in [5.74, 6) is 0. The zero-order chi connectivity index (χ0) is 41.0. The van der Waals surface area contributed by atoms with Crippen LogP contribution in [0.2, 0.25) is 0 Å². The van der Waals surface area contributed by atoms with Crippen molar-refractivity contribution in [3.63, 3.8) is 0 Å². The van der Waals surface area contributed by atoms with E-state index in [1.54, 1.807) is 0 Å². The van der Waals surface area contributed by atoms with Crippen LogP contribution in [0.1, 0.15) is 0 Å². The molecule has 0 fully saturated rings. The largest absolute Gasteiger partial charge is 0.134 e. The van der Waals surface area contributed by atoms with Crippen LogP contribution in [-0.2, 0) is 0 Å². The van der Waals surface area contributed by atoms with E-state index < -0.39 is 0 Å². The molecule has 2 heterocycles. The van der Waals surface area contributed by atoms with Crippen LogP contribution in [0.4, 0.5) is 0 Å². The Labute approximate surface area is 369 Å². The number of rotatable bonds is 7. The molecule has 0 aliphatic heterocycles. The minimum Gasteiger partial charge on any atom is -0.134 e. The Morgan fingerprint density at radius 1 is 0.161 bits per heavy atom. The standard InChI is InChI=1S/C60H38S2/c1-3-19-39(20-4-1)41-23-7-9-25-43(41)49-31-15-35-53-55-37-17-33-51(59(55)61-57(49)53)47-29-13-11-27-45(47)46-28-12-14-30-48(46)52-34-18-38-56-54-36-16-32-50(58(54)62-60(52)56)44-26-10-8-24-42(44)40-21-5-2-6-22-40/h1-38H. The van der Waals surface area contributed by atoms with Crippen molar-refractivity contribution in [3.8, 4) is 77.9 Å². The predicted molar refractivity (Wildman–Crippen MR) is 270 cm³/mol. The summed E-state index contributed by atoms with van der Waals surface area (Å²) in [6.45, 7) is 0. The van der Waals surface area contributed by atoms with Crippen molar-refractivity contribution < 1.29 is 0 Å². The lowest BCUT2D eigenvalue weighted by Crippen LogP contribution is -1.89. The molecule has 62 heavy (non-hydrogen) atoms. The molecule has 0 unspecified atom stereocenters. The fraction of sp³-hybridized carbons (Fsp3) is 0. The molecule has 0 saturated heterocycles. The number of hydrogen-bond acceptors (Lipinski definition) is 2. The maximum absolute atomic E-state index is 2.32. The smallest absolute Gasteiger partial charge is 0.0434 e. The van der Waals surface area contributed by atoms with E-state index in [1.165, 1.54) is 118 Å². The van der Waals surface area contributed by atoms with Crippen molar-refractivity contribution in [2.24, 2.45) is 0 Å². The Hall–Kier alpha value is -7.36. The van der Waals surface area contributed by atoms with Crippen LogP contribution in [0.5, 0.6) is 0 Å². The van der Waals surface area contributed by atoms with Crippen LogP contribution in [0.15, 0.2) is 231 Å². The molecule has 0 aliphatic carbocycles. The van der Waals surface area contributed by atoms with E-state index in [-0.39, 0.29) is 0 Å². The monoisotopic (exact) mass is 822 g/mol. The summed E-state index contributed by atoms with van der Waals surface area (Å²) in [6.07, 6.45) is 0. The first-order chi connectivity index (χ1) is 30.8. The van der Waals surface area contributed by atoms with E-state index in [0.29, 0.717) is 0 Å². The maximum Gasteiger partial charge on any atom is 0.0434 e. The summed E-state index contributed by atoms with van der Waals surface area (Å²) in [6, 6.07) is 84.5. The molecule has 2 aromatic heterocycles. The van der Waals surface area contributed by atoms with Crippen molar-refractivity contribution >= 4 is 63.0 Å². The third-order valence-electron chi connectivity index (χ3n) is 12.4. The van der Waals surface area contributed by atoms with Gasteiger partial charge in [-0.25, -0.2) is 0 Å². The maximum atomic E-state index is 2.32. The molecule has 0 bridgehead atoms. The Kier molecular flexibility index (Phi) is 8.99. The van der Waals surface area contributed by atoms with Gasteiger partial charge in [-0.2, -0.15) is 0 Å². The van der Waals surface area contributed by atoms with Gasteiger partial charge in [0.1, 0.15) is 0 Å². The molecule has 0 nitrogen and oxygen atoms in total. The third kappa shape index (κ3) is 6.02. The Morgan fingerprint density at radius 3 is 0.661 bits per heavy atom. The second kappa shape index (κ2) is 15.3. The number of benzene rings is 10. The quantitative estimate of drug-likeness (QED) is 0.150. The van der Waals surface area contributed by atoms with Crippen molar-refractivity contribution in [1.82, 2.24) is 0 Å². The number of hydrogen-bond donors (Lipinski definition) is 0. The summed E-state index contributed by atoms with van der Waals surface area (Å²) in [5.41, 5.74) is 17.5. The van der Waals surface area contributed by atoms with Crippen molar-refractivity contribution in [2.45, 2.75) is 0 Å². The van der Waals surface area contributed by atoms with Gasteiger partial charge in [-0.05, 0) is 55.6 Å². The van der Waals surface area contributed by atoms with Crippen molar-refractivity contribution in [1.29, 1.82) is 0 Å². The van der Waals surface area contributed by atoms with Gasteiger partial charge in [0.15, 0.2) is 0 Å². The van der Waals surface area contributed by atoms with Crippen LogP contribution in [0, 0.1) is 0 Å². The van der Waals surface area contributed by atoms with E-state index in [4.69, 9.17) is 0 Å². The first-order valence-corrected chi connectivity index (χ1v) is 22.8. The minimum atomic E-state index is 1.23. The summed E-state index contributed by atoms with van der Waals surface area (Å²) < 4.78 is 5.26. The van der Waals surface area contributed by atoms with Gasteiger partial charge in [0, 0.05) is 62.6 Å². The zero-order valence-corrected chi connectivity index (χ0v) is 35.4. The zero-order valence-electron chi connectivity index (χ0n) is 33.8. The number of fused-ring (bicyclic) bond motifs is 6.